The van der Waals surface area contributed by atoms with E-state index < -0.39 is 0 Å². The summed E-state index contributed by atoms with van der Waals surface area (Å²) in [5, 5.41) is 0. The third-order valence-corrected chi connectivity index (χ3v) is 3.52. The van der Waals surface area contributed by atoms with Crippen LogP contribution in [0.4, 0.5) is 0 Å². The zero-order valence-corrected chi connectivity index (χ0v) is 12.1. The summed E-state index contributed by atoms with van der Waals surface area (Å²) >= 11 is 0. The molecule has 2 aromatic carbocycles. The topological polar surface area (TPSA) is 43.4 Å². The summed E-state index contributed by atoms with van der Waals surface area (Å²) in [4.78, 5) is 23.5. The maximum absolute atomic E-state index is 11.9. The van der Waals surface area contributed by atoms with Crippen LogP contribution in [0.3, 0.4) is 0 Å². The molecule has 0 unspecified atom stereocenters. The van der Waals surface area contributed by atoms with Crippen molar-refractivity contribution in [2.24, 2.45) is 5.92 Å². The van der Waals surface area contributed by atoms with Crippen LogP contribution in [0.1, 0.15) is 28.8 Å². The summed E-state index contributed by atoms with van der Waals surface area (Å²) in [6, 6.07) is 16.0. The summed E-state index contributed by atoms with van der Waals surface area (Å²) in [6.07, 6.45) is 5.45. The SMILES string of the molecule is O=C(Oc1ccc(/C=C/C(=O)C2CC2)cc1)c1ccccc1. The van der Waals surface area contributed by atoms with Gasteiger partial charge in [-0.2, -0.15) is 0 Å². The summed E-state index contributed by atoms with van der Waals surface area (Å²) in [5.74, 6) is 0.536. The summed E-state index contributed by atoms with van der Waals surface area (Å²) < 4.78 is 5.30. The van der Waals surface area contributed by atoms with Crippen molar-refractivity contribution >= 4 is 17.8 Å². The molecule has 1 aliphatic carbocycles. The number of hydrogen-bond acceptors (Lipinski definition) is 3. The zero-order valence-electron chi connectivity index (χ0n) is 12.1. The largest absolute Gasteiger partial charge is 0.423 e. The average molecular weight is 292 g/mol. The van der Waals surface area contributed by atoms with Crippen LogP contribution in [0.25, 0.3) is 6.08 Å². The van der Waals surface area contributed by atoms with E-state index in [-0.39, 0.29) is 17.7 Å². The van der Waals surface area contributed by atoms with E-state index in [0.29, 0.717) is 11.3 Å². The molecule has 0 heterocycles. The number of carbonyl (C=O) groups excluding carboxylic acids is 2. The monoisotopic (exact) mass is 292 g/mol. The van der Waals surface area contributed by atoms with E-state index in [1.165, 1.54) is 0 Å². The van der Waals surface area contributed by atoms with E-state index in [0.717, 1.165) is 18.4 Å². The molecular formula is C19H16O3. The second kappa shape index (κ2) is 6.39. The molecule has 110 valence electrons. The van der Waals surface area contributed by atoms with Crippen LogP contribution in [0.5, 0.6) is 5.75 Å². The van der Waals surface area contributed by atoms with Crippen LogP contribution in [-0.4, -0.2) is 11.8 Å². The molecule has 0 bridgehead atoms. The molecular weight excluding hydrogens is 276 g/mol. The first kappa shape index (κ1) is 14.3. The van der Waals surface area contributed by atoms with Crippen molar-refractivity contribution < 1.29 is 14.3 Å². The lowest BCUT2D eigenvalue weighted by Crippen LogP contribution is -2.07. The standard InChI is InChI=1S/C19H16O3/c20-18(15-9-10-15)13-8-14-6-11-17(12-7-14)22-19(21)16-4-2-1-3-5-16/h1-8,11-13,15H,9-10H2/b13-8+. The second-order valence-corrected chi connectivity index (χ2v) is 5.33. The van der Waals surface area contributed by atoms with E-state index in [1.807, 2.05) is 18.2 Å². The second-order valence-electron chi connectivity index (χ2n) is 5.33. The van der Waals surface area contributed by atoms with E-state index in [2.05, 4.69) is 0 Å². The minimum absolute atomic E-state index is 0.194. The highest BCUT2D eigenvalue weighted by molar-refractivity contribution is 5.96. The van der Waals surface area contributed by atoms with E-state index in [9.17, 15) is 9.59 Å². The van der Waals surface area contributed by atoms with Gasteiger partial charge in [0, 0.05) is 5.92 Å². The lowest BCUT2D eigenvalue weighted by molar-refractivity contribution is -0.115. The summed E-state index contributed by atoms with van der Waals surface area (Å²) in [6.45, 7) is 0. The lowest BCUT2D eigenvalue weighted by atomic mass is 10.1. The predicted molar refractivity (Wildman–Crippen MR) is 84.6 cm³/mol. The van der Waals surface area contributed by atoms with Gasteiger partial charge in [0.25, 0.3) is 0 Å². The van der Waals surface area contributed by atoms with Crippen LogP contribution in [0.2, 0.25) is 0 Å². The Hall–Kier alpha value is -2.68. The third kappa shape index (κ3) is 3.70. The number of esters is 1. The first-order chi connectivity index (χ1) is 10.7. The molecule has 0 N–H and O–H groups in total. The molecule has 3 rings (SSSR count). The Morgan fingerprint density at radius 2 is 1.64 bits per heavy atom. The molecule has 0 saturated heterocycles. The first-order valence-corrected chi connectivity index (χ1v) is 7.31. The highest BCUT2D eigenvalue weighted by atomic mass is 16.5. The minimum atomic E-state index is -0.382. The molecule has 1 fully saturated rings. The number of ketones is 1. The molecule has 0 aliphatic heterocycles. The van der Waals surface area contributed by atoms with Gasteiger partial charge in [0.15, 0.2) is 5.78 Å². The van der Waals surface area contributed by atoms with Gasteiger partial charge in [-0.15, -0.1) is 0 Å². The fourth-order valence-electron chi connectivity index (χ4n) is 2.07. The Kier molecular flexibility index (Phi) is 4.15. The van der Waals surface area contributed by atoms with Crippen LogP contribution >= 0.6 is 0 Å². The Labute approximate surface area is 129 Å². The van der Waals surface area contributed by atoms with Gasteiger partial charge in [0.05, 0.1) is 5.56 Å². The molecule has 2 aromatic rings. The normalized spacial score (nSPS) is 14.0. The Morgan fingerprint density at radius 1 is 0.955 bits per heavy atom. The van der Waals surface area contributed by atoms with Gasteiger partial charge in [-0.1, -0.05) is 36.4 Å². The molecule has 1 saturated carbocycles. The van der Waals surface area contributed by atoms with Crippen molar-refractivity contribution in [2.75, 3.05) is 0 Å². The molecule has 0 amide bonds. The fourth-order valence-corrected chi connectivity index (χ4v) is 2.07. The Bertz CT molecular complexity index is 695. The number of rotatable bonds is 5. The molecule has 22 heavy (non-hydrogen) atoms. The zero-order chi connectivity index (χ0) is 15.4. The summed E-state index contributed by atoms with van der Waals surface area (Å²) in [5.41, 5.74) is 1.43. The third-order valence-electron chi connectivity index (χ3n) is 3.52. The van der Waals surface area contributed by atoms with Gasteiger partial charge in [0.1, 0.15) is 5.75 Å². The van der Waals surface area contributed by atoms with E-state index in [4.69, 9.17) is 4.74 Å². The van der Waals surface area contributed by atoms with Crippen molar-refractivity contribution in [1.29, 1.82) is 0 Å². The minimum Gasteiger partial charge on any atom is -0.423 e. The van der Waals surface area contributed by atoms with Crippen molar-refractivity contribution in [1.82, 2.24) is 0 Å². The van der Waals surface area contributed by atoms with Crippen molar-refractivity contribution in [3.05, 3.63) is 71.8 Å². The van der Waals surface area contributed by atoms with Crippen molar-refractivity contribution in [3.63, 3.8) is 0 Å². The van der Waals surface area contributed by atoms with Crippen LogP contribution < -0.4 is 4.74 Å². The van der Waals surface area contributed by atoms with Gasteiger partial charge < -0.3 is 4.74 Å². The van der Waals surface area contributed by atoms with Crippen molar-refractivity contribution in [3.8, 4) is 5.75 Å². The number of hydrogen-bond donors (Lipinski definition) is 0. The molecule has 3 heteroatoms. The predicted octanol–water partition coefficient (Wildman–Crippen LogP) is 3.90. The lowest BCUT2D eigenvalue weighted by Gasteiger charge is -2.04. The van der Waals surface area contributed by atoms with Gasteiger partial charge in [-0.05, 0) is 48.7 Å². The number of carbonyl (C=O) groups is 2. The average Bonchev–Trinajstić information content (AvgIpc) is 3.40. The van der Waals surface area contributed by atoms with Crippen LogP contribution in [-0.2, 0) is 4.79 Å². The number of benzene rings is 2. The molecule has 1 aliphatic rings. The highest BCUT2D eigenvalue weighted by Crippen LogP contribution is 2.30. The Morgan fingerprint density at radius 3 is 2.27 bits per heavy atom. The Balaban J connectivity index is 1.61. The van der Waals surface area contributed by atoms with Crippen molar-refractivity contribution in [2.45, 2.75) is 12.8 Å². The van der Waals surface area contributed by atoms with Crippen LogP contribution in [0.15, 0.2) is 60.7 Å². The number of allylic oxidation sites excluding steroid dienone is 1. The maximum Gasteiger partial charge on any atom is 0.343 e. The molecule has 3 nitrogen and oxygen atoms in total. The summed E-state index contributed by atoms with van der Waals surface area (Å²) in [7, 11) is 0. The molecule has 0 atom stereocenters. The molecule has 0 aromatic heterocycles. The van der Waals surface area contributed by atoms with Gasteiger partial charge in [0.2, 0.25) is 0 Å². The quantitative estimate of drug-likeness (QED) is 0.477. The molecule has 0 radical (unpaired) electrons. The van der Waals surface area contributed by atoms with Gasteiger partial charge in [-0.25, -0.2) is 4.79 Å². The van der Waals surface area contributed by atoms with Crippen LogP contribution in [0, 0.1) is 5.92 Å². The van der Waals surface area contributed by atoms with Gasteiger partial charge in [-0.3, -0.25) is 4.79 Å². The highest BCUT2D eigenvalue weighted by Gasteiger charge is 2.27. The molecule has 0 spiro atoms. The smallest absolute Gasteiger partial charge is 0.343 e. The number of ether oxygens (including phenoxy) is 1. The first-order valence-electron chi connectivity index (χ1n) is 7.31. The maximum atomic E-state index is 11.9. The fraction of sp³-hybridized carbons (Fsp3) is 0.158. The van der Waals surface area contributed by atoms with E-state index in [1.54, 1.807) is 48.6 Å². The van der Waals surface area contributed by atoms with Gasteiger partial charge >= 0.3 is 5.97 Å². The van der Waals surface area contributed by atoms with E-state index >= 15 is 0 Å².